The molecule has 0 aromatic carbocycles. The Morgan fingerprint density at radius 3 is 2.25 bits per heavy atom. The largest absolute Gasteiger partial charge is 0.306 e. The van der Waals surface area contributed by atoms with Crippen molar-refractivity contribution in [2.24, 2.45) is 0 Å². The molecule has 0 saturated carbocycles. The molecule has 0 amide bonds. The molecular weight excluding hydrogens is 171 g/mol. The normalized spacial score (nSPS) is 14.5. The summed E-state index contributed by atoms with van der Waals surface area (Å²) < 4.78 is 18.1. The topological polar surface area (TPSA) is 37.3 Å². The highest BCUT2D eigenvalue weighted by Gasteiger charge is 1.99. The monoisotopic (exact) mass is 176 g/mol. The van der Waals surface area contributed by atoms with Gasteiger partial charge in [0.2, 0.25) is 0 Å². The summed E-state index contributed by atoms with van der Waals surface area (Å²) in [4.78, 5) is -0.522. The van der Waals surface area contributed by atoms with Gasteiger partial charge in [0.1, 0.15) is 4.84 Å². The Labute approximate surface area is 60.5 Å². The maximum absolute atomic E-state index is 9.90. The van der Waals surface area contributed by atoms with E-state index in [4.69, 9.17) is 27.8 Å². The SMILES string of the molecule is O=S(O)CCC(Cl)Cl. The van der Waals surface area contributed by atoms with E-state index in [1.165, 1.54) is 0 Å². The van der Waals surface area contributed by atoms with Crippen LogP contribution in [0, 0.1) is 0 Å². The third-order valence-corrected chi connectivity index (χ3v) is 1.53. The second-order valence-electron chi connectivity index (χ2n) is 1.21. The van der Waals surface area contributed by atoms with Crippen LogP contribution < -0.4 is 0 Å². The molecular formula is C3H6Cl2O2S. The summed E-state index contributed by atoms with van der Waals surface area (Å²) in [5.41, 5.74) is 0. The quantitative estimate of drug-likeness (QED) is 0.522. The van der Waals surface area contributed by atoms with Gasteiger partial charge in [-0.3, -0.25) is 0 Å². The molecule has 5 heteroatoms. The summed E-state index contributed by atoms with van der Waals surface area (Å²) in [5, 5.41) is 0. The molecule has 0 heterocycles. The van der Waals surface area contributed by atoms with Crippen molar-refractivity contribution in [2.45, 2.75) is 11.3 Å². The molecule has 0 aliphatic heterocycles. The van der Waals surface area contributed by atoms with Gasteiger partial charge in [-0.2, -0.15) is 0 Å². The van der Waals surface area contributed by atoms with E-state index in [1.807, 2.05) is 0 Å². The van der Waals surface area contributed by atoms with E-state index in [9.17, 15) is 4.21 Å². The van der Waals surface area contributed by atoms with E-state index in [-0.39, 0.29) is 5.75 Å². The fourth-order valence-corrected chi connectivity index (χ4v) is 1.10. The van der Waals surface area contributed by atoms with Crippen LogP contribution in [0.15, 0.2) is 0 Å². The molecule has 0 radical (unpaired) electrons. The van der Waals surface area contributed by atoms with Gasteiger partial charge in [-0.25, -0.2) is 4.21 Å². The van der Waals surface area contributed by atoms with Crippen LogP contribution in [0.1, 0.15) is 6.42 Å². The lowest BCUT2D eigenvalue weighted by atomic mass is 10.6. The standard InChI is InChI=1S/C3H6Cl2O2S/c4-3(5)1-2-8(6)7/h3H,1-2H2,(H,6,7). The molecule has 0 aliphatic carbocycles. The molecule has 0 fully saturated rings. The Bertz CT molecular complexity index is 85.4. The summed E-state index contributed by atoms with van der Waals surface area (Å²) in [6, 6.07) is 0. The summed E-state index contributed by atoms with van der Waals surface area (Å²) in [6.45, 7) is 0. The van der Waals surface area contributed by atoms with Crippen LogP contribution in [0.2, 0.25) is 0 Å². The van der Waals surface area contributed by atoms with Gasteiger partial charge in [0.25, 0.3) is 0 Å². The molecule has 2 nitrogen and oxygen atoms in total. The first-order chi connectivity index (χ1) is 3.63. The number of hydrogen-bond donors (Lipinski definition) is 1. The van der Waals surface area contributed by atoms with Crippen LogP contribution >= 0.6 is 23.2 Å². The summed E-state index contributed by atoms with van der Waals surface area (Å²) in [6.07, 6.45) is 0.367. The van der Waals surface area contributed by atoms with E-state index >= 15 is 0 Å². The Morgan fingerprint density at radius 1 is 1.62 bits per heavy atom. The van der Waals surface area contributed by atoms with E-state index in [0.717, 1.165) is 0 Å². The summed E-state index contributed by atoms with van der Waals surface area (Å²) in [5.74, 6) is 0.150. The Morgan fingerprint density at radius 2 is 2.12 bits per heavy atom. The smallest absolute Gasteiger partial charge is 0.152 e. The molecule has 0 spiro atoms. The highest BCUT2D eigenvalue weighted by atomic mass is 35.5. The number of hydrogen-bond acceptors (Lipinski definition) is 1. The molecule has 0 aromatic heterocycles. The zero-order valence-corrected chi connectivity index (χ0v) is 6.34. The van der Waals surface area contributed by atoms with Gasteiger partial charge in [-0.1, -0.05) is 0 Å². The minimum absolute atomic E-state index is 0.150. The van der Waals surface area contributed by atoms with E-state index in [0.29, 0.717) is 6.42 Å². The van der Waals surface area contributed by atoms with Crippen LogP contribution in [0.5, 0.6) is 0 Å². The maximum atomic E-state index is 9.90. The fraction of sp³-hybridized carbons (Fsp3) is 1.00. The lowest BCUT2D eigenvalue weighted by Crippen LogP contribution is -1.98. The van der Waals surface area contributed by atoms with Crippen molar-refractivity contribution in [1.29, 1.82) is 0 Å². The van der Waals surface area contributed by atoms with Crippen LogP contribution in [-0.4, -0.2) is 19.4 Å². The van der Waals surface area contributed by atoms with Crippen molar-refractivity contribution in [3.63, 3.8) is 0 Å². The van der Waals surface area contributed by atoms with Crippen LogP contribution in [0.3, 0.4) is 0 Å². The van der Waals surface area contributed by atoms with Gasteiger partial charge < -0.3 is 4.55 Å². The number of halogens is 2. The van der Waals surface area contributed by atoms with Crippen LogP contribution in [0.25, 0.3) is 0 Å². The van der Waals surface area contributed by atoms with E-state index in [2.05, 4.69) is 0 Å². The van der Waals surface area contributed by atoms with Gasteiger partial charge >= 0.3 is 0 Å². The predicted octanol–water partition coefficient (Wildman–Crippen LogP) is 1.40. The van der Waals surface area contributed by atoms with Crippen molar-refractivity contribution < 1.29 is 8.76 Å². The Kier molecular flexibility index (Phi) is 4.95. The predicted molar refractivity (Wildman–Crippen MR) is 35.7 cm³/mol. The Balaban J connectivity index is 3.05. The highest BCUT2D eigenvalue weighted by Crippen LogP contribution is 2.06. The van der Waals surface area contributed by atoms with Crippen molar-refractivity contribution in [3.05, 3.63) is 0 Å². The second kappa shape index (κ2) is 4.56. The van der Waals surface area contributed by atoms with Gasteiger partial charge in [-0.15, -0.1) is 23.2 Å². The first-order valence-corrected chi connectivity index (χ1v) is 4.13. The molecule has 8 heavy (non-hydrogen) atoms. The summed E-state index contributed by atoms with van der Waals surface area (Å²) >= 11 is 8.73. The zero-order valence-electron chi connectivity index (χ0n) is 4.01. The molecule has 0 aliphatic rings. The number of alkyl halides is 2. The van der Waals surface area contributed by atoms with Gasteiger partial charge in [0.05, 0.1) is 5.75 Å². The molecule has 0 saturated heterocycles. The van der Waals surface area contributed by atoms with Crippen molar-refractivity contribution >= 4 is 34.3 Å². The third kappa shape index (κ3) is 6.69. The molecule has 50 valence electrons. The van der Waals surface area contributed by atoms with Crippen LogP contribution in [0.4, 0.5) is 0 Å². The van der Waals surface area contributed by atoms with E-state index < -0.39 is 15.9 Å². The molecule has 1 unspecified atom stereocenters. The van der Waals surface area contributed by atoms with Crippen molar-refractivity contribution in [3.8, 4) is 0 Å². The lowest BCUT2D eigenvalue weighted by Gasteiger charge is -1.93. The van der Waals surface area contributed by atoms with Crippen LogP contribution in [-0.2, 0) is 11.1 Å². The van der Waals surface area contributed by atoms with Gasteiger partial charge in [-0.05, 0) is 6.42 Å². The fourth-order valence-electron chi connectivity index (χ4n) is 0.190. The minimum atomic E-state index is -1.76. The molecule has 1 N–H and O–H groups in total. The average Bonchev–Trinajstić information content (AvgIpc) is 1.61. The van der Waals surface area contributed by atoms with Gasteiger partial charge in [0.15, 0.2) is 11.1 Å². The van der Waals surface area contributed by atoms with Crippen molar-refractivity contribution in [1.82, 2.24) is 0 Å². The molecule has 0 rings (SSSR count). The van der Waals surface area contributed by atoms with E-state index in [1.54, 1.807) is 0 Å². The summed E-state index contributed by atoms with van der Waals surface area (Å²) in [7, 11) is 0. The second-order valence-corrected chi connectivity index (χ2v) is 3.53. The first-order valence-electron chi connectivity index (χ1n) is 1.98. The third-order valence-electron chi connectivity index (χ3n) is 0.511. The Hall–Kier alpha value is 0.690. The molecule has 0 bridgehead atoms. The number of rotatable bonds is 3. The highest BCUT2D eigenvalue weighted by molar-refractivity contribution is 7.79. The average molecular weight is 177 g/mol. The first kappa shape index (κ1) is 8.69. The lowest BCUT2D eigenvalue weighted by molar-refractivity contribution is 0.562. The molecule has 0 aromatic rings. The zero-order chi connectivity index (χ0) is 6.57. The maximum Gasteiger partial charge on any atom is 0.152 e. The molecule has 1 atom stereocenters. The van der Waals surface area contributed by atoms with Gasteiger partial charge in [0, 0.05) is 0 Å². The van der Waals surface area contributed by atoms with Crippen molar-refractivity contribution in [2.75, 3.05) is 5.75 Å². The minimum Gasteiger partial charge on any atom is -0.306 e.